The van der Waals surface area contributed by atoms with Crippen molar-refractivity contribution in [2.45, 2.75) is 51.0 Å². The van der Waals surface area contributed by atoms with Gasteiger partial charge in [-0.15, -0.1) is 0 Å². The zero-order valence-corrected chi connectivity index (χ0v) is 14.4. The molecule has 1 aliphatic heterocycles. The topological polar surface area (TPSA) is 46.6 Å². The van der Waals surface area contributed by atoms with E-state index in [9.17, 15) is 9.59 Å². The molecule has 1 aliphatic rings. The predicted octanol–water partition coefficient (Wildman–Crippen LogP) is 4.02. The molecule has 0 radical (unpaired) electrons. The summed E-state index contributed by atoms with van der Waals surface area (Å²) in [4.78, 5) is 25.7. The lowest BCUT2D eigenvalue weighted by atomic mass is 10.0. The standard InChI is InChI=1S/C17H23NO3S/c1-12-15(13-8-6-5-7-9-13)21-16(20)18(12)14(19)10-11-22-17(2,3)4/h5-9,12,15H,10-11H2,1-4H3/t12-,15-/m1/s1. The van der Waals surface area contributed by atoms with Gasteiger partial charge in [0.2, 0.25) is 5.91 Å². The van der Waals surface area contributed by atoms with Crippen LogP contribution in [-0.4, -0.2) is 33.4 Å². The average molecular weight is 321 g/mol. The van der Waals surface area contributed by atoms with Crippen molar-refractivity contribution in [3.05, 3.63) is 35.9 Å². The molecule has 0 N–H and O–H groups in total. The number of carbonyl (C=O) groups excluding carboxylic acids is 2. The SMILES string of the molecule is C[C@@H]1[C@H](c2ccccc2)OC(=O)N1C(=O)CCSC(C)(C)C. The minimum absolute atomic E-state index is 0.115. The Labute approximate surface area is 136 Å². The third-order valence-electron chi connectivity index (χ3n) is 3.52. The fourth-order valence-corrected chi connectivity index (χ4v) is 3.34. The second kappa shape index (κ2) is 6.73. The summed E-state index contributed by atoms with van der Waals surface area (Å²) in [5.74, 6) is 0.544. The van der Waals surface area contributed by atoms with E-state index in [-0.39, 0.29) is 22.8 Å². The number of benzene rings is 1. The highest BCUT2D eigenvalue weighted by Crippen LogP contribution is 2.33. The monoisotopic (exact) mass is 321 g/mol. The van der Waals surface area contributed by atoms with Crippen LogP contribution in [0.25, 0.3) is 0 Å². The Bertz CT molecular complexity index is 539. The smallest absolute Gasteiger partial charge is 0.417 e. The Kier molecular flexibility index (Phi) is 5.16. The minimum atomic E-state index is -0.535. The number of amides is 2. The van der Waals surface area contributed by atoms with Crippen LogP contribution in [0, 0.1) is 0 Å². The lowest BCUT2D eigenvalue weighted by Gasteiger charge is -2.21. The molecule has 4 nitrogen and oxygen atoms in total. The number of carbonyl (C=O) groups is 2. The molecule has 0 unspecified atom stereocenters. The molecule has 1 heterocycles. The first-order valence-electron chi connectivity index (χ1n) is 7.51. The first-order valence-corrected chi connectivity index (χ1v) is 8.50. The Morgan fingerprint density at radius 3 is 2.50 bits per heavy atom. The normalized spacial score (nSPS) is 21.8. The van der Waals surface area contributed by atoms with E-state index in [0.717, 1.165) is 5.56 Å². The maximum Gasteiger partial charge on any atom is 0.417 e. The molecule has 120 valence electrons. The van der Waals surface area contributed by atoms with Crippen molar-refractivity contribution in [1.82, 2.24) is 4.90 Å². The summed E-state index contributed by atoms with van der Waals surface area (Å²) >= 11 is 1.72. The van der Waals surface area contributed by atoms with Crippen molar-refractivity contribution in [2.75, 3.05) is 5.75 Å². The van der Waals surface area contributed by atoms with Gasteiger partial charge in [0, 0.05) is 16.9 Å². The third-order valence-corrected chi connectivity index (χ3v) is 4.79. The summed E-state index contributed by atoms with van der Waals surface area (Å²) in [6.07, 6.45) is -0.567. The third kappa shape index (κ3) is 4.03. The van der Waals surface area contributed by atoms with E-state index in [4.69, 9.17) is 4.74 Å². The number of ether oxygens (including phenoxy) is 1. The number of nitrogens with zero attached hydrogens (tertiary/aromatic N) is 1. The largest absolute Gasteiger partial charge is 0.439 e. The second-order valence-electron chi connectivity index (χ2n) is 6.43. The molecule has 1 saturated heterocycles. The average Bonchev–Trinajstić information content (AvgIpc) is 2.73. The Morgan fingerprint density at radius 1 is 1.27 bits per heavy atom. The number of cyclic esters (lactones) is 1. The first-order chi connectivity index (χ1) is 10.3. The van der Waals surface area contributed by atoms with Crippen LogP contribution >= 0.6 is 11.8 Å². The number of hydrogen-bond acceptors (Lipinski definition) is 4. The van der Waals surface area contributed by atoms with Crippen LogP contribution < -0.4 is 0 Å². The fraction of sp³-hybridized carbons (Fsp3) is 0.529. The van der Waals surface area contributed by atoms with Gasteiger partial charge in [0.15, 0.2) is 0 Å². The molecule has 2 atom stereocenters. The lowest BCUT2D eigenvalue weighted by molar-refractivity contribution is -0.128. The maximum atomic E-state index is 12.3. The number of hydrogen-bond donors (Lipinski definition) is 0. The van der Waals surface area contributed by atoms with E-state index in [1.165, 1.54) is 4.90 Å². The van der Waals surface area contributed by atoms with Crippen molar-refractivity contribution in [1.29, 1.82) is 0 Å². The van der Waals surface area contributed by atoms with E-state index in [1.54, 1.807) is 11.8 Å². The van der Waals surface area contributed by atoms with E-state index in [2.05, 4.69) is 20.8 Å². The fourth-order valence-electron chi connectivity index (χ4n) is 2.45. The summed E-state index contributed by atoms with van der Waals surface area (Å²) in [7, 11) is 0. The first kappa shape index (κ1) is 16.9. The summed E-state index contributed by atoms with van der Waals surface area (Å²) in [6, 6.07) is 9.27. The van der Waals surface area contributed by atoms with Gasteiger partial charge in [0.25, 0.3) is 0 Å². The van der Waals surface area contributed by atoms with Crippen molar-refractivity contribution in [3.8, 4) is 0 Å². The number of imide groups is 1. The van der Waals surface area contributed by atoms with Gasteiger partial charge in [-0.1, -0.05) is 51.1 Å². The van der Waals surface area contributed by atoms with Crippen molar-refractivity contribution in [2.24, 2.45) is 0 Å². The quantitative estimate of drug-likeness (QED) is 0.840. The Hall–Kier alpha value is -1.49. The second-order valence-corrected chi connectivity index (χ2v) is 8.35. The van der Waals surface area contributed by atoms with Crippen LogP contribution in [0.1, 0.15) is 45.8 Å². The Balaban J connectivity index is 2.00. The zero-order chi connectivity index (χ0) is 16.3. The maximum absolute atomic E-state index is 12.3. The lowest BCUT2D eigenvalue weighted by Crippen LogP contribution is -2.38. The van der Waals surface area contributed by atoms with Crippen molar-refractivity contribution >= 4 is 23.8 Å². The molecular formula is C17H23NO3S. The summed E-state index contributed by atoms with van der Waals surface area (Å²) in [5, 5.41) is 0. The molecule has 0 spiro atoms. The molecular weight excluding hydrogens is 298 g/mol. The zero-order valence-electron chi connectivity index (χ0n) is 13.5. The van der Waals surface area contributed by atoms with Gasteiger partial charge < -0.3 is 4.74 Å². The van der Waals surface area contributed by atoms with Crippen LogP contribution in [0.3, 0.4) is 0 Å². The molecule has 0 aliphatic carbocycles. The Morgan fingerprint density at radius 2 is 1.91 bits per heavy atom. The summed E-state index contributed by atoms with van der Waals surface area (Å²) in [5.41, 5.74) is 0.919. The van der Waals surface area contributed by atoms with Crippen LogP contribution in [-0.2, 0) is 9.53 Å². The number of thioether (sulfide) groups is 1. The van der Waals surface area contributed by atoms with Crippen LogP contribution in [0.15, 0.2) is 30.3 Å². The van der Waals surface area contributed by atoms with Crippen LogP contribution in [0.4, 0.5) is 4.79 Å². The highest BCUT2D eigenvalue weighted by molar-refractivity contribution is 8.00. The molecule has 5 heteroatoms. The van der Waals surface area contributed by atoms with Crippen molar-refractivity contribution in [3.63, 3.8) is 0 Å². The molecule has 1 aromatic carbocycles. The molecule has 0 saturated carbocycles. The highest BCUT2D eigenvalue weighted by atomic mass is 32.2. The molecule has 2 amide bonds. The van der Waals surface area contributed by atoms with Crippen molar-refractivity contribution < 1.29 is 14.3 Å². The highest BCUT2D eigenvalue weighted by Gasteiger charge is 2.42. The summed E-state index contributed by atoms with van der Waals surface area (Å²) < 4.78 is 5.52. The minimum Gasteiger partial charge on any atom is -0.439 e. The van der Waals surface area contributed by atoms with E-state index >= 15 is 0 Å². The van der Waals surface area contributed by atoms with Gasteiger partial charge in [0.05, 0.1) is 6.04 Å². The van der Waals surface area contributed by atoms with Crippen LogP contribution in [0.5, 0.6) is 0 Å². The van der Waals surface area contributed by atoms with Gasteiger partial charge in [-0.05, 0) is 12.5 Å². The van der Waals surface area contributed by atoms with Gasteiger partial charge >= 0.3 is 6.09 Å². The van der Waals surface area contributed by atoms with Gasteiger partial charge in [-0.3, -0.25) is 4.79 Å². The molecule has 0 bridgehead atoms. The molecule has 22 heavy (non-hydrogen) atoms. The predicted molar refractivity (Wildman–Crippen MR) is 88.8 cm³/mol. The van der Waals surface area contributed by atoms with E-state index in [0.29, 0.717) is 12.2 Å². The molecule has 0 aromatic heterocycles. The molecule has 2 rings (SSSR count). The summed E-state index contributed by atoms with van der Waals surface area (Å²) in [6.45, 7) is 8.19. The van der Waals surface area contributed by atoms with Crippen LogP contribution in [0.2, 0.25) is 0 Å². The van der Waals surface area contributed by atoms with Gasteiger partial charge in [0.1, 0.15) is 6.10 Å². The van der Waals surface area contributed by atoms with Gasteiger partial charge in [-0.25, -0.2) is 9.69 Å². The molecule has 1 aromatic rings. The molecule has 1 fully saturated rings. The van der Waals surface area contributed by atoms with Gasteiger partial charge in [-0.2, -0.15) is 11.8 Å². The van der Waals surface area contributed by atoms with E-state index < -0.39 is 6.09 Å². The number of rotatable bonds is 4. The van der Waals surface area contributed by atoms with E-state index in [1.807, 2.05) is 37.3 Å².